The highest BCUT2D eigenvalue weighted by molar-refractivity contribution is 7.82. The zero-order valence-corrected chi connectivity index (χ0v) is 15.7. The second-order valence-corrected chi connectivity index (χ2v) is 14.9. The van der Waals surface area contributed by atoms with E-state index >= 15 is 0 Å². The minimum Gasteiger partial charge on any atom is -0.0865 e. The number of rotatable bonds is 2. The molecule has 0 saturated carbocycles. The van der Waals surface area contributed by atoms with Gasteiger partial charge in [0.15, 0.2) is 5.12 Å². The summed E-state index contributed by atoms with van der Waals surface area (Å²) >= 11 is 6.92. The second kappa shape index (κ2) is 5.45. The van der Waals surface area contributed by atoms with Crippen LogP contribution in [0.1, 0.15) is 69.2 Å². The topological polar surface area (TPSA) is 0 Å². The van der Waals surface area contributed by atoms with Crippen LogP contribution in [0.4, 0.5) is 0 Å². The molecule has 0 radical (unpaired) electrons. The van der Waals surface area contributed by atoms with Crippen LogP contribution in [0.5, 0.6) is 0 Å². The van der Waals surface area contributed by atoms with Gasteiger partial charge in [0.2, 0.25) is 0 Å². The minimum absolute atomic E-state index is 0.141. The average molecular weight is 292 g/mol. The average Bonchev–Trinajstić information content (AvgIpc) is 1.94. The minimum atomic E-state index is -1.48. The zero-order chi connectivity index (χ0) is 15.0. The molecule has 0 bridgehead atoms. The van der Waals surface area contributed by atoms with Crippen molar-refractivity contribution in [1.82, 2.24) is 0 Å². The first-order chi connectivity index (χ1) is 7.73. The summed E-state index contributed by atoms with van der Waals surface area (Å²) in [6.45, 7) is 23.4. The Kier molecular flexibility index (Phi) is 5.59. The summed E-state index contributed by atoms with van der Waals surface area (Å²) in [4.78, 5) is 0. The van der Waals surface area contributed by atoms with Gasteiger partial charge >= 0.3 is 0 Å². The van der Waals surface area contributed by atoms with Crippen LogP contribution < -0.4 is 0 Å². The molecule has 18 heavy (non-hydrogen) atoms. The van der Waals surface area contributed by atoms with E-state index in [0.29, 0.717) is 0 Å². The highest BCUT2D eigenvalue weighted by Crippen LogP contribution is 2.86. The van der Waals surface area contributed by atoms with Gasteiger partial charge in [0.05, 0.1) is 22.7 Å². The number of alkyl halides is 1. The summed E-state index contributed by atoms with van der Waals surface area (Å²) in [5.74, 6) is 0. The second-order valence-electron chi connectivity index (χ2n) is 8.13. The number of hydrogen-bond donors (Lipinski definition) is 0. The molecule has 0 spiro atoms. The normalized spacial score (nSPS) is 17.3. The van der Waals surface area contributed by atoms with Crippen LogP contribution >= 0.6 is 18.9 Å². The van der Waals surface area contributed by atoms with Crippen LogP contribution in [0.15, 0.2) is 12.2 Å². The monoisotopic (exact) mass is 291 g/mol. The largest absolute Gasteiger partial charge is 0.162 e. The molecule has 0 nitrogen and oxygen atoms in total. The molecule has 0 rings (SSSR count). The first kappa shape index (κ1) is 18.5. The summed E-state index contributed by atoms with van der Waals surface area (Å²) in [7, 11) is -1.48. The van der Waals surface area contributed by atoms with Crippen LogP contribution in [-0.2, 0) is 0 Å². The third kappa shape index (κ3) is 2.96. The van der Waals surface area contributed by atoms with Gasteiger partial charge in [-0.2, -0.15) is 0 Å². The third-order valence-corrected chi connectivity index (χ3v) is 12.2. The quantitative estimate of drug-likeness (QED) is 0.308. The fourth-order valence-corrected chi connectivity index (χ4v) is 15.9. The fraction of sp³-hybridized carbons (Fsp3) is 0.875. The van der Waals surface area contributed by atoms with Crippen molar-refractivity contribution in [3.63, 3.8) is 0 Å². The van der Waals surface area contributed by atoms with E-state index in [1.54, 1.807) is 0 Å². The third-order valence-electron chi connectivity index (χ3n) is 3.90. The van der Waals surface area contributed by atoms with Gasteiger partial charge in [-0.15, -0.1) is 0 Å². The van der Waals surface area contributed by atoms with Crippen LogP contribution in [0.2, 0.25) is 0 Å². The highest BCUT2D eigenvalue weighted by Gasteiger charge is 2.67. The number of halogens is 1. The Bertz CT molecular complexity index is 260. The molecule has 0 aliphatic heterocycles. The van der Waals surface area contributed by atoms with E-state index in [-0.39, 0.29) is 20.6 Å². The Labute approximate surface area is 121 Å². The van der Waals surface area contributed by atoms with E-state index in [0.717, 1.165) is 0 Å². The Balaban J connectivity index is 6.26. The zero-order valence-electron chi connectivity index (χ0n) is 14.1. The Morgan fingerprint density at radius 3 is 1.22 bits per heavy atom. The van der Waals surface area contributed by atoms with Crippen LogP contribution in [0, 0.1) is 0 Å². The van der Waals surface area contributed by atoms with Gasteiger partial charge < -0.3 is 0 Å². The standard InChI is InChI=1S/C16H33ClP/c1-11-12-13(17)18(14(2,3)4,15(5,6)7)16(8,9)10/h11-13H,1-10H3/q+1/b12-11+. The summed E-state index contributed by atoms with van der Waals surface area (Å²) in [5, 5.41) is 0.836. The van der Waals surface area contributed by atoms with Crippen LogP contribution in [0.3, 0.4) is 0 Å². The van der Waals surface area contributed by atoms with Crippen LogP contribution in [0.25, 0.3) is 0 Å². The molecule has 2 heteroatoms. The molecular weight excluding hydrogens is 259 g/mol. The predicted molar refractivity (Wildman–Crippen MR) is 90.6 cm³/mol. The first-order valence-electron chi connectivity index (χ1n) is 6.89. The van der Waals surface area contributed by atoms with E-state index in [9.17, 15) is 0 Å². The first-order valence-corrected chi connectivity index (χ1v) is 9.19. The molecule has 0 aromatic rings. The summed E-state index contributed by atoms with van der Waals surface area (Å²) in [6.07, 6.45) is 4.31. The van der Waals surface area contributed by atoms with E-state index in [2.05, 4.69) is 81.4 Å². The lowest BCUT2D eigenvalue weighted by molar-refractivity contribution is 0.616. The maximum atomic E-state index is 6.92. The lowest BCUT2D eigenvalue weighted by Gasteiger charge is -2.55. The maximum absolute atomic E-state index is 6.92. The molecule has 0 fully saturated rings. The molecule has 0 aromatic heterocycles. The maximum Gasteiger partial charge on any atom is 0.162 e. The van der Waals surface area contributed by atoms with Gasteiger partial charge in [0, 0.05) is 0 Å². The van der Waals surface area contributed by atoms with Crippen molar-refractivity contribution in [2.45, 2.75) is 89.8 Å². The molecule has 0 aliphatic carbocycles. The van der Waals surface area contributed by atoms with Crippen molar-refractivity contribution in [2.75, 3.05) is 0 Å². The molecular formula is C16H33ClP+. The van der Waals surface area contributed by atoms with Gasteiger partial charge in [0.1, 0.15) is 0 Å². The molecule has 0 N–H and O–H groups in total. The lowest BCUT2D eigenvalue weighted by Crippen LogP contribution is -2.47. The van der Waals surface area contributed by atoms with Crippen molar-refractivity contribution < 1.29 is 0 Å². The van der Waals surface area contributed by atoms with Crippen molar-refractivity contribution >= 4 is 18.9 Å². The Hall–Kier alpha value is 0.460. The van der Waals surface area contributed by atoms with Crippen molar-refractivity contribution in [1.29, 1.82) is 0 Å². The van der Waals surface area contributed by atoms with Gasteiger partial charge in [-0.25, -0.2) is 0 Å². The van der Waals surface area contributed by atoms with Gasteiger partial charge in [-0.05, 0) is 75.3 Å². The van der Waals surface area contributed by atoms with Crippen molar-refractivity contribution in [3.05, 3.63) is 12.2 Å². The van der Waals surface area contributed by atoms with Gasteiger partial charge in [-0.3, -0.25) is 0 Å². The predicted octanol–water partition coefficient (Wildman–Crippen LogP) is 6.54. The summed E-state index contributed by atoms with van der Waals surface area (Å²) in [5.41, 5.74) is 0. The highest BCUT2D eigenvalue weighted by atomic mass is 35.5. The number of allylic oxidation sites excluding steroid dienone is 2. The Morgan fingerprint density at radius 2 is 1.06 bits per heavy atom. The van der Waals surface area contributed by atoms with Gasteiger partial charge in [-0.1, -0.05) is 17.7 Å². The number of hydrogen-bond acceptors (Lipinski definition) is 0. The molecule has 0 heterocycles. The molecule has 0 aromatic carbocycles. The van der Waals surface area contributed by atoms with Crippen molar-refractivity contribution in [2.24, 2.45) is 0 Å². The van der Waals surface area contributed by atoms with Crippen molar-refractivity contribution in [3.8, 4) is 0 Å². The fourth-order valence-electron chi connectivity index (χ4n) is 4.42. The molecule has 0 amide bonds. The van der Waals surface area contributed by atoms with E-state index < -0.39 is 7.26 Å². The van der Waals surface area contributed by atoms with E-state index in [1.807, 2.05) is 0 Å². The molecule has 1 atom stereocenters. The lowest BCUT2D eigenvalue weighted by atomic mass is 10.2. The molecule has 1 unspecified atom stereocenters. The van der Waals surface area contributed by atoms with E-state index in [4.69, 9.17) is 11.6 Å². The molecule has 0 saturated heterocycles. The van der Waals surface area contributed by atoms with E-state index in [1.165, 1.54) is 0 Å². The summed E-state index contributed by atoms with van der Waals surface area (Å²) in [6, 6.07) is 0. The summed E-state index contributed by atoms with van der Waals surface area (Å²) < 4.78 is 0. The SMILES string of the molecule is C/C=C/C(Cl)[P+](C(C)(C)C)(C(C)(C)C)C(C)(C)C. The Morgan fingerprint density at radius 1 is 0.778 bits per heavy atom. The molecule has 108 valence electrons. The molecule has 0 aliphatic rings. The van der Waals surface area contributed by atoms with Gasteiger partial charge in [0.25, 0.3) is 0 Å². The smallest absolute Gasteiger partial charge is 0.0865 e. The van der Waals surface area contributed by atoms with Crippen LogP contribution in [-0.4, -0.2) is 20.6 Å².